The lowest BCUT2D eigenvalue weighted by Gasteiger charge is -2.43. The first kappa shape index (κ1) is 21.2. The third kappa shape index (κ3) is 4.25. The van der Waals surface area contributed by atoms with E-state index in [0.29, 0.717) is 5.84 Å². The number of hydrogen-bond acceptors (Lipinski definition) is 6. The minimum absolute atomic E-state index is 0.179. The molecule has 0 radical (unpaired) electrons. The summed E-state index contributed by atoms with van der Waals surface area (Å²) in [7, 11) is 3.95. The minimum Gasteiger partial charge on any atom is -0.368 e. The van der Waals surface area contributed by atoms with Gasteiger partial charge in [-0.05, 0) is 56.9 Å². The molecule has 164 valence electrons. The number of nitrogen functional groups attached to an aromatic ring is 1. The van der Waals surface area contributed by atoms with E-state index in [4.69, 9.17) is 11.1 Å². The van der Waals surface area contributed by atoms with Gasteiger partial charge >= 0.3 is 6.03 Å². The van der Waals surface area contributed by atoms with Gasteiger partial charge in [0, 0.05) is 31.0 Å². The Balaban J connectivity index is 1.45. The second kappa shape index (κ2) is 8.63. The molecule has 1 aliphatic heterocycles. The molecule has 2 aliphatic rings. The first-order valence-electron chi connectivity index (χ1n) is 10.9. The van der Waals surface area contributed by atoms with Gasteiger partial charge in [0.1, 0.15) is 5.84 Å². The van der Waals surface area contributed by atoms with Gasteiger partial charge in [-0.2, -0.15) is 0 Å². The van der Waals surface area contributed by atoms with Crippen molar-refractivity contribution in [3.63, 3.8) is 0 Å². The molecule has 31 heavy (non-hydrogen) atoms. The number of urea groups is 1. The summed E-state index contributed by atoms with van der Waals surface area (Å²) in [6.45, 7) is 1.99. The number of carbonyl (C=O) groups excluding carboxylic acids is 1. The number of amides is 2. The molecule has 8 heteroatoms. The molecule has 1 aromatic heterocycles. The van der Waals surface area contributed by atoms with Crippen LogP contribution in [0.3, 0.4) is 0 Å². The lowest BCUT2D eigenvalue weighted by Crippen LogP contribution is -2.55. The number of aromatic nitrogens is 2. The summed E-state index contributed by atoms with van der Waals surface area (Å²) in [5.74, 6) is 0.551. The highest BCUT2D eigenvalue weighted by molar-refractivity contribution is 6.02. The zero-order chi connectivity index (χ0) is 22.0. The fourth-order valence-corrected chi connectivity index (χ4v) is 4.54. The van der Waals surface area contributed by atoms with E-state index in [1.807, 2.05) is 31.3 Å². The molecule has 0 spiro atoms. The third-order valence-electron chi connectivity index (χ3n) is 6.92. The van der Waals surface area contributed by atoms with Crippen molar-refractivity contribution in [1.82, 2.24) is 25.1 Å². The van der Waals surface area contributed by atoms with Gasteiger partial charge in [0.15, 0.2) is 0 Å². The molecule has 1 saturated heterocycles. The molecular formula is C23H31N7O. The maximum Gasteiger partial charge on any atom is 0.322 e. The molecule has 8 nitrogen and oxygen atoms in total. The summed E-state index contributed by atoms with van der Waals surface area (Å²) in [5.41, 5.74) is 8.11. The van der Waals surface area contributed by atoms with Gasteiger partial charge in [-0.1, -0.05) is 30.7 Å². The standard InChI is InChI=1S/C23H31N7O/c1-29-12-8-19(9-13-29)30(2)22(31)28-20(24)23(10-3-11-23)18-6-4-16(5-7-18)17-14-26-21(25)27-15-17/h4-7,14-15,19H,3,8-13H2,1-2H3,(H2,24,28,31)(H2,25,26,27). The van der Waals surface area contributed by atoms with Gasteiger partial charge in [0.2, 0.25) is 5.95 Å². The van der Waals surface area contributed by atoms with Crippen molar-refractivity contribution >= 4 is 17.8 Å². The van der Waals surface area contributed by atoms with Crippen LogP contribution in [0.1, 0.15) is 37.7 Å². The number of anilines is 1. The Bertz CT molecular complexity index is 929. The maximum atomic E-state index is 12.9. The van der Waals surface area contributed by atoms with Gasteiger partial charge in [0.05, 0.1) is 5.41 Å². The van der Waals surface area contributed by atoms with Crippen LogP contribution in [0.2, 0.25) is 0 Å². The monoisotopic (exact) mass is 421 g/mol. The van der Waals surface area contributed by atoms with Crippen molar-refractivity contribution < 1.29 is 4.79 Å². The quantitative estimate of drug-likeness (QED) is 0.519. The predicted molar refractivity (Wildman–Crippen MR) is 122 cm³/mol. The molecule has 2 aromatic rings. The Morgan fingerprint density at radius 2 is 1.77 bits per heavy atom. The molecule has 2 heterocycles. The van der Waals surface area contributed by atoms with E-state index in [0.717, 1.165) is 61.9 Å². The van der Waals surface area contributed by atoms with Crippen LogP contribution in [0.15, 0.2) is 36.7 Å². The number of carbonyl (C=O) groups is 1. The maximum absolute atomic E-state index is 12.9. The highest BCUT2D eigenvalue weighted by Gasteiger charge is 2.44. The summed E-state index contributed by atoms with van der Waals surface area (Å²) in [6, 6.07) is 8.18. The second-order valence-corrected chi connectivity index (χ2v) is 8.79. The van der Waals surface area contributed by atoms with E-state index in [9.17, 15) is 4.79 Å². The van der Waals surface area contributed by atoms with Crippen LogP contribution >= 0.6 is 0 Å². The largest absolute Gasteiger partial charge is 0.368 e. The van der Waals surface area contributed by atoms with Crippen molar-refractivity contribution in [2.24, 2.45) is 0 Å². The van der Waals surface area contributed by atoms with E-state index in [1.165, 1.54) is 0 Å². The van der Waals surface area contributed by atoms with Crippen LogP contribution in [0.5, 0.6) is 0 Å². The summed E-state index contributed by atoms with van der Waals surface area (Å²) in [6.07, 6.45) is 8.14. The number of amidine groups is 1. The van der Waals surface area contributed by atoms with E-state index in [2.05, 4.69) is 27.2 Å². The molecule has 4 rings (SSSR count). The van der Waals surface area contributed by atoms with Crippen LogP contribution in [0, 0.1) is 5.41 Å². The molecular weight excluding hydrogens is 390 g/mol. The highest BCUT2D eigenvalue weighted by Crippen LogP contribution is 2.44. The zero-order valence-electron chi connectivity index (χ0n) is 18.3. The molecule has 2 amide bonds. The van der Waals surface area contributed by atoms with Gasteiger partial charge < -0.3 is 15.5 Å². The van der Waals surface area contributed by atoms with Gasteiger partial charge in [0.25, 0.3) is 0 Å². The fourth-order valence-electron chi connectivity index (χ4n) is 4.54. The number of hydrogen-bond donors (Lipinski definition) is 3. The Labute approximate surface area is 183 Å². The lowest BCUT2D eigenvalue weighted by atomic mass is 9.63. The number of nitrogens with zero attached hydrogens (tertiary/aromatic N) is 4. The Morgan fingerprint density at radius 1 is 1.16 bits per heavy atom. The third-order valence-corrected chi connectivity index (χ3v) is 6.92. The lowest BCUT2D eigenvalue weighted by molar-refractivity contribution is 0.150. The average Bonchev–Trinajstić information content (AvgIpc) is 2.74. The zero-order valence-corrected chi connectivity index (χ0v) is 18.3. The Hall–Kier alpha value is -3.00. The van der Waals surface area contributed by atoms with Crippen molar-refractivity contribution in [1.29, 1.82) is 5.41 Å². The van der Waals surface area contributed by atoms with Crippen molar-refractivity contribution in [3.05, 3.63) is 42.2 Å². The van der Waals surface area contributed by atoms with Gasteiger partial charge in [-0.25, -0.2) is 14.8 Å². The topological polar surface area (TPSA) is 111 Å². The molecule has 2 fully saturated rings. The van der Waals surface area contributed by atoms with E-state index in [-0.39, 0.29) is 18.0 Å². The number of likely N-dealkylation sites (tertiary alicyclic amines) is 1. The summed E-state index contributed by atoms with van der Waals surface area (Å²) in [5, 5.41) is 11.6. The molecule has 4 N–H and O–H groups in total. The summed E-state index contributed by atoms with van der Waals surface area (Å²) >= 11 is 0. The minimum atomic E-state index is -0.417. The first-order valence-corrected chi connectivity index (χ1v) is 10.9. The smallest absolute Gasteiger partial charge is 0.322 e. The molecule has 0 bridgehead atoms. The van der Waals surface area contributed by atoms with Crippen LogP contribution in [-0.2, 0) is 5.41 Å². The van der Waals surface area contributed by atoms with Crippen molar-refractivity contribution in [3.8, 4) is 11.1 Å². The molecule has 1 saturated carbocycles. The van der Waals surface area contributed by atoms with Gasteiger partial charge in [-0.15, -0.1) is 0 Å². The summed E-state index contributed by atoms with van der Waals surface area (Å²) < 4.78 is 0. The molecule has 1 aromatic carbocycles. The summed E-state index contributed by atoms with van der Waals surface area (Å²) in [4.78, 5) is 25.0. The number of rotatable bonds is 4. The Morgan fingerprint density at radius 3 is 2.32 bits per heavy atom. The van der Waals surface area contributed by atoms with Crippen molar-refractivity contribution in [2.75, 3.05) is 32.9 Å². The van der Waals surface area contributed by atoms with Crippen LogP contribution in [0.25, 0.3) is 11.1 Å². The molecule has 0 unspecified atom stereocenters. The number of piperidine rings is 1. The number of benzene rings is 1. The SMILES string of the molecule is CN1CCC(N(C)C(=O)NC(=N)C2(c3ccc(-c4cnc(N)nc4)cc3)CCC2)CC1. The fraction of sp³-hybridized carbons (Fsp3) is 0.478. The van der Waals surface area contributed by atoms with Crippen LogP contribution < -0.4 is 11.1 Å². The van der Waals surface area contributed by atoms with Crippen molar-refractivity contribution in [2.45, 2.75) is 43.6 Å². The van der Waals surface area contributed by atoms with E-state index >= 15 is 0 Å². The second-order valence-electron chi connectivity index (χ2n) is 8.79. The van der Waals surface area contributed by atoms with E-state index < -0.39 is 5.41 Å². The predicted octanol–water partition coefficient (Wildman–Crippen LogP) is 2.86. The number of nitrogens with two attached hydrogens (primary N) is 1. The van der Waals surface area contributed by atoms with Gasteiger partial charge in [-0.3, -0.25) is 10.7 Å². The van der Waals surface area contributed by atoms with Crippen LogP contribution in [-0.4, -0.2) is 64.9 Å². The highest BCUT2D eigenvalue weighted by atomic mass is 16.2. The Kier molecular flexibility index (Phi) is 5.91. The molecule has 1 aliphatic carbocycles. The average molecular weight is 422 g/mol. The van der Waals surface area contributed by atoms with Crippen LogP contribution in [0.4, 0.5) is 10.7 Å². The normalized spacial score (nSPS) is 18.8. The molecule has 0 atom stereocenters. The first-order chi connectivity index (χ1) is 14.9. The van der Waals surface area contributed by atoms with E-state index in [1.54, 1.807) is 17.3 Å². The number of nitrogens with one attached hydrogen (secondary N) is 2.